The number of hydrogen-bond donors (Lipinski definition) is 1. The average Bonchev–Trinajstić information content (AvgIpc) is 2.53. The molecule has 0 bridgehead atoms. The first-order chi connectivity index (χ1) is 8.58. The lowest BCUT2D eigenvalue weighted by Crippen LogP contribution is -2.44. The number of carbonyl (C=O) groups excluding carboxylic acids is 2. The number of ketones is 1. The summed E-state index contributed by atoms with van der Waals surface area (Å²) in [5.41, 5.74) is -0.727. The van der Waals surface area contributed by atoms with Crippen LogP contribution in [0.3, 0.4) is 0 Å². The summed E-state index contributed by atoms with van der Waals surface area (Å²) in [7, 11) is 0. The molecule has 0 aromatic rings. The minimum atomic E-state index is -0.632. The molecule has 4 nitrogen and oxygen atoms in total. The van der Waals surface area contributed by atoms with E-state index in [1.807, 2.05) is 0 Å². The number of allylic oxidation sites excluding steroid dienone is 1. The Morgan fingerprint density at radius 1 is 1.22 bits per heavy atom. The standard InChI is InChI=1S/C14H20O4/c1-2-10(15)12-11(16)9-14(18-13(12)17)7-5-3-4-6-8-14/h15H,2-9H2,1H3. The Balaban J connectivity index is 2.23. The van der Waals surface area contributed by atoms with Gasteiger partial charge in [0, 0.05) is 6.42 Å². The van der Waals surface area contributed by atoms with E-state index in [1.54, 1.807) is 6.92 Å². The largest absolute Gasteiger partial charge is 0.511 e. The van der Waals surface area contributed by atoms with Crippen molar-refractivity contribution < 1.29 is 19.4 Å². The lowest BCUT2D eigenvalue weighted by atomic mass is 9.84. The summed E-state index contributed by atoms with van der Waals surface area (Å²) in [6, 6.07) is 0. The summed E-state index contributed by atoms with van der Waals surface area (Å²) in [4.78, 5) is 24.0. The Morgan fingerprint density at radius 3 is 2.33 bits per heavy atom. The Kier molecular flexibility index (Phi) is 3.73. The van der Waals surface area contributed by atoms with Crippen molar-refractivity contribution in [2.75, 3.05) is 0 Å². The maximum Gasteiger partial charge on any atom is 0.345 e. The number of carbonyl (C=O) groups is 2. The molecule has 1 N–H and O–H groups in total. The van der Waals surface area contributed by atoms with Crippen molar-refractivity contribution in [1.82, 2.24) is 0 Å². The van der Waals surface area contributed by atoms with E-state index in [1.165, 1.54) is 0 Å². The van der Waals surface area contributed by atoms with Gasteiger partial charge >= 0.3 is 5.97 Å². The van der Waals surface area contributed by atoms with E-state index in [9.17, 15) is 14.7 Å². The zero-order valence-electron chi connectivity index (χ0n) is 10.8. The molecule has 1 spiro atoms. The van der Waals surface area contributed by atoms with Gasteiger partial charge < -0.3 is 9.84 Å². The Bertz CT molecular complexity index is 365. The van der Waals surface area contributed by atoms with Gasteiger partial charge in [-0.2, -0.15) is 0 Å². The second-order valence-electron chi connectivity index (χ2n) is 5.26. The van der Waals surface area contributed by atoms with Gasteiger partial charge in [0.05, 0.1) is 6.42 Å². The highest BCUT2D eigenvalue weighted by atomic mass is 16.6. The van der Waals surface area contributed by atoms with E-state index in [0.717, 1.165) is 38.5 Å². The highest BCUT2D eigenvalue weighted by Gasteiger charge is 2.45. The van der Waals surface area contributed by atoms with Crippen molar-refractivity contribution in [2.24, 2.45) is 0 Å². The zero-order valence-corrected chi connectivity index (χ0v) is 10.8. The number of esters is 1. The molecule has 1 saturated carbocycles. The molecular formula is C14H20O4. The highest BCUT2D eigenvalue weighted by Crippen LogP contribution is 2.38. The topological polar surface area (TPSA) is 63.6 Å². The second kappa shape index (κ2) is 5.12. The van der Waals surface area contributed by atoms with Gasteiger partial charge in [0.15, 0.2) is 5.78 Å². The molecular weight excluding hydrogens is 232 g/mol. The molecule has 2 rings (SSSR count). The van der Waals surface area contributed by atoms with Crippen LogP contribution in [0.4, 0.5) is 0 Å². The third-order valence-electron chi connectivity index (χ3n) is 3.91. The van der Waals surface area contributed by atoms with Crippen LogP contribution in [0.1, 0.15) is 58.3 Å². The van der Waals surface area contributed by atoms with Crippen molar-refractivity contribution in [2.45, 2.75) is 63.9 Å². The normalized spacial score (nSPS) is 26.7. The summed E-state index contributed by atoms with van der Waals surface area (Å²) in [6.07, 6.45) is 6.32. The summed E-state index contributed by atoms with van der Waals surface area (Å²) in [6.45, 7) is 1.71. The number of ether oxygens (including phenoxy) is 1. The van der Waals surface area contributed by atoms with Gasteiger partial charge in [-0.15, -0.1) is 0 Å². The van der Waals surface area contributed by atoms with Crippen LogP contribution in [0.5, 0.6) is 0 Å². The first-order valence-electron chi connectivity index (χ1n) is 6.76. The summed E-state index contributed by atoms with van der Waals surface area (Å²) in [5, 5.41) is 9.62. The number of rotatable bonds is 1. The van der Waals surface area contributed by atoms with Crippen LogP contribution in [0, 0.1) is 0 Å². The van der Waals surface area contributed by atoms with Crippen LogP contribution in [-0.2, 0) is 14.3 Å². The van der Waals surface area contributed by atoms with Crippen LogP contribution in [-0.4, -0.2) is 22.5 Å². The van der Waals surface area contributed by atoms with Gasteiger partial charge in [0.2, 0.25) is 0 Å². The molecule has 18 heavy (non-hydrogen) atoms. The molecule has 2 aliphatic rings. The number of hydrogen-bond acceptors (Lipinski definition) is 4. The molecule has 1 aliphatic heterocycles. The molecule has 0 unspecified atom stereocenters. The monoisotopic (exact) mass is 252 g/mol. The Morgan fingerprint density at radius 2 is 1.83 bits per heavy atom. The van der Waals surface area contributed by atoms with Gasteiger partial charge in [-0.3, -0.25) is 4.79 Å². The maximum absolute atomic E-state index is 12.1. The van der Waals surface area contributed by atoms with E-state index >= 15 is 0 Å². The van der Waals surface area contributed by atoms with Gasteiger partial charge in [0.25, 0.3) is 0 Å². The van der Waals surface area contributed by atoms with Crippen molar-refractivity contribution in [3.63, 3.8) is 0 Å². The lowest BCUT2D eigenvalue weighted by Gasteiger charge is -2.36. The number of Topliss-reactive ketones (excluding diaryl/α,β-unsaturated/α-hetero) is 1. The van der Waals surface area contributed by atoms with Crippen LogP contribution < -0.4 is 0 Å². The third-order valence-corrected chi connectivity index (χ3v) is 3.91. The average molecular weight is 252 g/mol. The predicted molar refractivity (Wildman–Crippen MR) is 66.1 cm³/mol. The zero-order chi connectivity index (χ0) is 13.2. The summed E-state index contributed by atoms with van der Waals surface area (Å²) >= 11 is 0. The minimum absolute atomic E-state index is 0.132. The van der Waals surface area contributed by atoms with E-state index in [2.05, 4.69) is 0 Å². The van der Waals surface area contributed by atoms with Crippen molar-refractivity contribution in [1.29, 1.82) is 0 Å². The minimum Gasteiger partial charge on any atom is -0.511 e. The second-order valence-corrected chi connectivity index (χ2v) is 5.26. The van der Waals surface area contributed by atoms with Crippen LogP contribution in [0.2, 0.25) is 0 Å². The molecule has 0 atom stereocenters. The van der Waals surface area contributed by atoms with E-state index in [-0.39, 0.29) is 30.0 Å². The fourth-order valence-corrected chi connectivity index (χ4v) is 2.89. The number of aliphatic hydroxyl groups is 1. The van der Waals surface area contributed by atoms with Crippen LogP contribution >= 0.6 is 0 Å². The summed E-state index contributed by atoms with van der Waals surface area (Å²) in [5.74, 6) is -1.03. The molecule has 4 heteroatoms. The molecule has 100 valence electrons. The Hall–Kier alpha value is -1.32. The van der Waals surface area contributed by atoms with Gasteiger partial charge in [-0.25, -0.2) is 4.79 Å². The first kappa shape index (κ1) is 13.1. The smallest absolute Gasteiger partial charge is 0.345 e. The molecule has 2 fully saturated rings. The van der Waals surface area contributed by atoms with E-state index < -0.39 is 11.6 Å². The highest BCUT2D eigenvalue weighted by molar-refractivity contribution is 6.19. The van der Waals surface area contributed by atoms with E-state index in [4.69, 9.17) is 4.74 Å². The van der Waals surface area contributed by atoms with Gasteiger partial charge in [-0.05, 0) is 25.7 Å². The maximum atomic E-state index is 12.1. The van der Waals surface area contributed by atoms with E-state index in [0.29, 0.717) is 0 Å². The van der Waals surface area contributed by atoms with Crippen molar-refractivity contribution >= 4 is 11.8 Å². The van der Waals surface area contributed by atoms with Crippen LogP contribution in [0.15, 0.2) is 11.3 Å². The first-order valence-corrected chi connectivity index (χ1v) is 6.76. The molecule has 1 aliphatic carbocycles. The molecule has 0 radical (unpaired) electrons. The molecule has 1 heterocycles. The fraction of sp³-hybridized carbons (Fsp3) is 0.714. The molecule has 1 saturated heterocycles. The summed E-state index contributed by atoms with van der Waals surface area (Å²) < 4.78 is 5.52. The van der Waals surface area contributed by atoms with Gasteiger partial charge in [-0.1, -0.05) is 19.8 Å². The van der Waals surface area contributed by atoms with Crippen molar-refractivity contribution in [3.05, 3.63) is 11.3 Å². The molecule has 0 aromatic carbocycles. The van der Waals surface area contributed by atoms with Crippen molar-refractivity contribution in [3.8, 4) is 0 Å². The predicted octanol–water partition coefficient (Wildman–Crippen LogP) is 2.82. The van der Waals surface area contributed by atoms with Gasteiger partial charge in [0.1, 0.15) is 16.9 Å². The van der Waals surface area contributed by atoms with Crippen LogP contribution in [0.25, 0.3) is 0 Å². The third kappa shape index (κ3) is 2.42. The molecule has 0 aromatic heterocycles. The lowest BCUT2D eigenvalue weighted by molar-refractivity contribution is -0.165. The fourth-order valence-electron chi connectivity index (χ4n) is 2.89. The molecule has 0 amide bonds. The number of aliphatic hydroxyl groups excluding tert-OH is 1. The SMILES string of the molecule is CCC(O)=C1C(=O)CC2(CCCCCC2)OC1=O. The Labute approximate surface area is 107 Å². The quantitative estimate of drug-likeness (QED) is 0.337.